The van der Waals surface area contributed by atoms with Crippen molar-refractivity contribution in [2.75, 3.05) is 5.32 Å². The lowest BCUT2D eigenvalue weighted by atomic mass is 10.1. The van der Waals surface area contributed by atoms with Crippen LogP contribution in [0.5, 0.6) is 0 Å². The molecular weight excluding hydrogens is 300 g/mol. The highest BCUT2D eigenvalue weighted by molar-refractivity contribution is 6.03. The predicted molar refractivity (Wildman–Crippen MR) is 98.1 cm³/mol. The fourth-order valence-electron chi connectivity index (χ4n) is 2.71. The minimum Gasteiger partial charge on any atom is -0.308 e. The minimum atomic E-state index is -0.0917. The molecule has 0 bridgehead atoms. The van der Waals surface area contributed by atoms with Crippen molar-refractivity contribution >= 4 is 33.7 Å². The van der Waals surface area contributed by atoms with Crippen molar-refractivity contribution in [3.05, 3.63) is 29.8 Å². The van der Waals surface area contributed by atoms with E-state index < -0.39 is 0 Å². The molecule has 0 radical (unpaired) electrons. The maximum absolute atomic E-state index is 12.1. The second kappa shape index (κ2) is 6.23. The summed E-state index contributed by atoms with van der Waals surface area (Å²) in [7, 11) is 0. The number of carbonyl (C=O) groups excluding carboxylic acids is 1. The molecule has 0 saturated carbocycles. The standard InChI is InChI=1S/C19H24N4O/c1-11(2)10-23-18-15(17(22-23)21-19(24)12(3)4)9-14-8-13(5)6-7-16(14)20-18/h6-9,11-12H,10H2,1-5H3,(H,21,22,24). The first-order valence-electron chi connectivity index (χ1n) is 8.44. The summed E-state index contributed by atoms with van der Waals surface area (Å²) >= 11 is 0. The highest BCUT2D eigenvalue weighted by Gasteiger charge is 2.17. The van der Waals surface area contributed by atoms with Crippen LogP contribution in [0.25, 0.3) is 21.9 Å². The Labute approximate surface area is 142 Å². The fourth-order valence-corrected chi connectivity index (χ4v) is 2.71. The number of nitrogens with zero attached hydrogens (tertiary/aromatic N) is 3. The highest BCUT2D eigenvalue weighted by atomic mass is 16.1. The van der Waals surface area contributed by atoms with Crippen LogP contribution in [0.4, 0.5) is 5.82 Å². The number of pyridine rings is 1. The zero-order chi connectivity index (χ0) is 17.4. The van der Waals surface area contributed by atoms with Gasteiger partial charge in [0.1, 0.15) is 0 Å². The lowest BCUT2D eigenvalue weighted by Crippen LogP contribution is -2.18. The van der Waals surface area contributed by atoms with Gasteiger partial charge in [-0.2, -0.15) is 5.10 Å². The normalized spacial score (nSPS) is 11.8. The molecule has 3 aromatic rings. The number of anilines is 1. The second-order valence-electron chi connectivity index (χ2n) is 7.12. The molecule has 1 N–H and O–H groups in total. The van der Waals surface area contributed by atoms with Crippen molar-refractivity contribution in [2.45, 2.75) is 41.2 Å². The summed E-state index contributed by atoms with van der Waals surface area (Å²) in [6, 6.07) is 8.27. The summed E-state index contributed by atoms with van der Waals surface area (Å²) in [5.41, 5.74) is 2.95. The molecule has 0 unspecified atom stereocenters. The molecule has 1 aromatic carbocycles. The van der Waals surface area contributed by atoms with Gasteiger partial charge in [0.05, 0.1) is 10.9 Å². The van der Waals surface area contributed by atoms with Crippen LogP contribution in [-0.4, -0.2) is 20.7 Å². The van der Waals surface area contributed by atoms with Crippen molar-refractivity contribution in [3.63, 3.8) is 0 Å². The third kappa shape index (κ3) is 3.11. The molecule has 5 heteroatoms. The molecule has 2 heterocycles. The van der Waals surface area contributed by atoms with Gasteiger partial charge in [-0.25, -0.2) is 9.67 Å². The van der Waals surface area contributed by atoms with Gasteiger partial charge in [-0.15, -0.1) is 0 Å². The predicted octanol–water partition coefficient (Wildman–Crippen LogP) is 4.14. The van der Waals surface area contributed by atoms with Gasteiger partial charge in [0.25, 0.3) is 0 Å². The van der Waals surface area contributed by atoms with Crippen LogP contribution in [0.2, 0.25) is 0 Å². The van der Waals surface area contributed by atoms with Gasteiger partial charge in [-0.05, 0) is 31.0 Å². The summed E-state index contributed by atoms with van der Waals surface area (Å²) in [5.74, 6) is 0.916. The zero-order valence-electron chi connectivity index (χ0n) is 14.9. The van der Waals surface area contributed by atoms with Gasteiger partial charge in [0.2, 0.25) is 5.91 Å². The van der Waals surface area contributed by atoms with E-state index in [-0.39, 0.29) is 11.8 Å². The van der Waals surface area contributed by atoms with Crippen LogP contribution in [0.3, 0.4) is 0 Å². The SMILES string of the molecule is Cc1ccc2nc3c(cc2c1)c(NC(=O)C(C)C)nn3CC(C)C. The molecule has 0 fully saturated rings. The van der Waals surface area contributed by atoms with E-state index in [0.29, 0.717) is 11.7 Å². The van der Waals surface area contributed by atoms with Gasteiger partial charge in [-0.1, -0.05) is 39.3 Å². The van der Waals surface area contributed by atoms with E-state index in [0.717, 1.165) is 28.5 Å². The average molecular weight is 324 g/mol. The summed E-state index contributed by atoms with van der Waals surface area (Å²) in [5, 5.41) is 9.52. The number of benzene rings is 1. The molecule has 1 amide bonds. The molecular formula is C19H24N4O. The topological polar surface area (TPSA) is 59.8 Å². The van der Waals surface area contributed by atoms with Crippen LogP contribution in [0, 0.1) is 18.8 Å². The molecule has 2 aromatic heterocycles. The number of aromatic nitrogens is 3. The maximum Gasteiger partial charge on any atom is 0.228 e. The molecule has 126 valence electrons. The quantitative estimate of drug-likeness (QED) is 0.784. The molecule has 24 heavy (non-hydrogen) atoms. The third-order valence-electron chi connectivity index (χ3n) is 3.97. The number of aryl methyl sites for hydroxylation is 1. The smallest absolute Gasteiger partial charge is 0.228 e. The summed E-state index contributed by atoms with van der Waals surface area (Å²) in [6.07, 6.45) is 0. The Hall–Kier alpha value is -2.43. The monoisotopic (exact) mass is 324 g/mol. The summed E-state index contributed by atoms with van der Waals surface area (Å²) < 4.78 is 1.90. The Morgan fingerprint density at radius 3 is 2.62 bits per heavy atom. The summed E-state index contributed by atoms with van der Waals surface area (Å²) in [4.78, 5) is 16.9. The minimum absolute atomic E-state index is 0.0320. The lowest BCUT2D eigenvalue weighted by molar-refractivity contribution is -0.118. The summed E-state index contributed by atoms with van der Waals surface area (Å²) in [6.45, 7) is 10.9. The Morgan fingerprint density at radius 2 is 1.96 bits per heavy atom. The number of carbonyl (C=O) groups is 1. The van der Waals surface area contributed by atoms with Crippen LogP contribution < -0.4 is 5.32 Å². The van der Waals surface area contributed by atoms with Crippen molar-refractivity contribution in [2.24, 2.45) is 11.8 Å². The highest BCUT2D eigenvalue weighted by Crippen LogP contribution is 2.27. The van der Waals surface area contributed by atoms with E-state index in [9.17, 15) is 4.79 Å². The zero-order valence-corrected chi connectivity index (χ0v) is 14.9. The van der Waals surface area contributed by atoms with Crippen LogP contribution >= 0.6 is 0 Å². The van der Waals surface area contributed by atoms with Gasteiger partial charge in [-0.3, -0.25) is 4.79 Å². The molecule has 0 aliphatic heterocycles. The maximum atomic E-state index is 12.1. The Balaban J connectivity index is 2.20. The number of fused-ring (bicyclic) bond motifs is 2. The molecule has 0 aliphatic rings. The first-order chi connectivity index (χ1) is 11.3. The average Bonchev–Trinajstić information content (AvgIpc) is 2.81. The number of nitrogens with one attached hydrogen (secondary N) is 1. The van der Waals surface area contributed by atoms with Gasteiger partial charge in [0.15, 0.2) is 11.5 Å². The molecule has 0 atom stereocenters. The largest absolute Gasteiger partial charge is 0.308 e. The number of hydrogen-bond acceptors (Lipinski definition) is 3. The van der Waals surface area contributed by atoms with Gasteiger partial charge < -0.3 is 5.32 Å². The van der Waals surface area contributed by atoms with E-state index in [1.165, 1.54) is 5.56 Å². The number of hydrogen-bond donors (Lipinski definition) is 1. The van der Waals surface area contributed by atoms with E-state index in [2.05, 4.69) is 49.4 Å². The fraction of sp³-hybridized carbons (Fsp3) is 0.421. The molecule has 0 spiro atoms. The van der Waals surface area contributed by atoms with Crippen molar-refractivity contribution < 1.29 is 4.79 Å². The van der Waals surface area contributed by atoms with Crippen molar-refractivity contribution in [3.8, 4) is 0 Å². The second-order valence-corrected chi connectivity index (χ2v) is 7.12. The van der Waals surface area contributed by atoms with Crippen molar-refractivity contribution in [1.82, 2.24) is 14.8 Å². The van der Waals surface area contributed by atoms with E-state index in [1.54, 1.807) is 0 Å². The van der Waals surface area contributed by atoms with Crippen LogP contribution in [0.15, 0.2) is 24.3 Å². The van der Waals surface area contributed by atoms with Gasteiger partial charge in [0, 0.05) is 17.8 Å². The van der Waals surface area contributed by atoms with E-state index in [4.69, 9.17) is 4.98 Å². The Morgan fingerprint density at radius 1 is 1.21 bits per heavy atom. The molecule has 0 saturated heterocycles. The van der Waals surface area contributed by atoms with E-state index >= 15 is 0 Å². The van der Waals surface area contributed by atoms with Crippen LogP contribution in [-0.2, 0) is 11.3 Å². The number of amides is 1. The van der Waals surface area contributed by atoms with Crippen LogP contribution in [0.1, 0.15) is 33.3 Å². The van der Waals surface area contributed by atoms with Gasteiger partial charge >= 0.3 is 0 Å². The number of rotatable bonds is 4. The molecule has 3 rings (SSSR count). The first-order valence-corrected chi connectivity index (χ1v) is 8.44. The first kappa shape index (κ1) is 16.4. The van der Waals surface area contributed by atoms with E-state index in [1.807, 2.05) is 24.6 Å². The Kier molecular flexibility index (Phi) is 4.26. The molecule has 0 aliphatic carbocycles. The third-order valence-corrected chi connectivity index (χ3v) is 3.97. The van der Waals surface area contributed by atoms with Crippen molar-refractivity contribution in [1.29, 1.82) is 0 Å². The lowest BCUT2D eigenvalue weighted by Gasteiger charge is -2.06. The Bertz CT molecular complexity index is 909. The molecule has 5 nitrogen and oxygen atoms in total.